The summed E-state index contributed by atoms with van der Waals surface area (Å²) in [5.74, 6) is -0.687. The number of benzene rings is 1. The zero-order valence-electron chi connectivity index (χ0n) is 12.2. The summed E-state index contributed by atoms with van der Waals surface area (Å²) < 4.78 is 10.1. The molecule has 1 aliphatic rings. The van der Waals surface area contributed by atoms with Gasteiger partial charge in [0.05, 0.1) is 12.6 Å². The number of ether oxygens (including phenoxy) is 2. The van der Waals surface area contributed by atoms with Crippen LogP contribution in [0.1, 0.15) is 29.8 Å². The number of hydrogen-bond acceptors (Lipinski definition) is 5. The van der Waals surface area contributed by atoms with Gasteiger partial charge in [0, 0.05) is 17.7 Å². The quantitative estimate of drug-likeness (QED) is 0.844. The van der Waals surface area contributed by atoms with E-state index in [9.17, 15) is 9.59 Å². The van der Waals surface area contributed by atoms with Gasteiger partial charge in [0.2, 0.25) is 0 Å². The lowest BCUT2D eigenvalue weighted by Gasteiger charge is -2.21. The second-order valence-electron chi connectivity index (χ2n) is 5.17. The lowest BCUT2D eigenvalue weighted by atomic mass is 10.1. The first-order valence-electron chi connectivity index (χ1n) is 7.18. The summed E-state index contributed by atoms with van der Waals surface area (Å²) in [6, 6.07) is 5.21. The molecule has 2 aromatic rings. The summed E-state index contributed by atoms with van der Waals surface area (Å²) >= 11 is 0. The van der Waals surface area contributed by atoms with E-state index in [1.54, 1.807) is 18.2 Å². The number of carbonyl (C=O) groups excluding carboxylic acids is 2. The van der Waals surface area contributed by atoms with E-state index in [2.05, 4.69) is 15.5 Å². The van der Waals surface area contributed by atoms with Gasteiger partial charge in [-0.15, -0.1) is 0 Å². The van der Waals surface area contributed by atoms with Crippen LogP contribution in [-0.4, -0.2) is 41.9 Å². The first kappa shape index (κ1) is 14.5. The number of fused-ring (bicyclic) bond motifs is 1. The number of nitrogens with one attached hydrogen (secondary N) is 2. The Morgan fingerprint density at radius 2 is 2.27 bits per heavy atom. The maximum atomic E-state index is 12.2. The van der Waals surface area contributed by atoms with Crippen molar-refractivity contribution in [3.8, 4) is 0 Å². The molecule has 2 heterocycles. The summed E-state index contributed by atoms with van der Waals surface area (Å²) in [5, 5.41) is 10.1. The minimum Gasteiger partial charge on any atom is -0.464 e. The number of H-pyrrole nitrogens is 1. The van der Waals surface area contributed by atoms with Gasteiger partial charge in [-0.05, 0) is 37.5 Å². The van der Waals surface area contributed by atoms with Crippen molar-refractivity contribution in [2.75, 3.05) is 19.0 Å². The number of methoxy groups -OCH3 is 1. The third kappa shape index (κ3) is 2.80. The third-order valence-electron chi connectivity index (χ3n) is 3.68. The first-order chi connectivity index (χ1) is 10.7. The summed E-state index contributed by atoms with van der Waals surface area (Å²) in [6.07, 6.45) is 2.31. The van der Waals surface area contributed by atoms with Crippen molar-refractivity contribution in [3.63, 3.8) is 0 Å². The van der Waals surface area contributed by atoms with Gasteiger partial charge in [-0.2, -0.15) is 5.10 Å². The van der Waals surface area contributed by atoms with Gasteiger partial charge in [0.1, 0.15) is 6.10 Å². The van der Waals surface area contributed by atoms with Crippen LogP contribution in [0.2, 0.25) is 0 Å². The standard InChI is InChI=1S/C15H17N3O4/c1-21-15(20)13-10-8-9(5-6-11(10)17-18-13)16-14(19)12-4-2-3-7-22-12/h5-6,8,12H,2-4,7H2,1H3,(H,16,19)(H,17,18)/t12-/m1/s1. The molecule has 0 saturated carbocycles. The third-order valence-corrected chi connectivity index (χ3v) is 3.68. The molecule has 1 saturated heterocycles. The van der Waals surface area contributed by atoms with Crippen LogP contribution in [0.3, 0.4) is 0 Å². The SMILES string of the molecule is COC(=O)c1n[nH]c2ccc(NC(=O)[C@H]3CCCCO3)cc12. The maximum Gasteiger partial charge on any atom is 0.359 e. The van der Waals surface area contributed by atoms with Crippen molar-refractivity contribution in [2.45, 2.75) is 25.4 Å². The lowest BCUT2D eigenvalue weighted by Crippen LogP contribution is -2.33. The van der Waals surface area contributed by atoms with Crippen LogP contribution < -0.4 is 5.32 Å². The minimum atomic E-state index is -0.523. The Balaban J connectivity index is 1.81. The monoisotopic (exact) mass is 303 g/mol. The van der Waals surface area contributed by atoms with Crippen molar-refractivity contribution in [3.05, 3.63) is 23.9 Å². The summed E-state index contributed by atoms with van der Waals surface area (Å²) in [5.41, 5.74) is 1.49. The van der Waals surface area contributed by atoms with E-state index in [0.717, 1.165) is 19.3 Å². The Hall–Kier alpha value is -2.41. The molecule has 3 rings (SSSR count). The number of hydrogen-bond donors (Lipinski definition) is 2. The Bertz CT molecular complexity index is 704. The molecular weight excluding hydrogens is 286 g/mol. The number of anilines is 1. The molecule has 1 amide bonds. The molecule has 22 heavy (non-hydrogen) atoms. The average Bonchev–Trinajstić information content (AvgIpc) is 2.98. The van der Waals surface area contributed by atoms with Crippen LogP contribution in [0.25, 0.3) is 10.9 Å². The van der Waals surface area contributed by atoms with Gasteiger partial charge in [-0.1, -0.05) is 0 Å². The zero-order chi connectivity index (χ0) is 15.5. The van der Waals surface area contributed by atoms with E-state index in [0.29, 0.717) is 23.2 Å². The van der Waals surface area contributed by atoms with E-state index in [4.69, 9.17) is 9.47 Å². The van der Waals surface area contributed by atoms with Crippen LogP contribution in [0.5, 0.6) is 0 Å². The average molecular weight is 303 g/mol. The molecule has 7 heteroatoms. The van der Waals surface area contributed by atoms with Crippen LogP contribution in [0, 0.1) is 0 Å². The molecular formula is C15H17N3O4. The second-order valence-corrected chi connectivity index (χ2v) is 5.17. The van der Waals surface area contributed by atoms with Gasteiger partial charge in [0.15, 0.2) is 5.69 Å². The molecule has 1 aromatic carbocycles. The van der Waals surface area contributed by atoms with Gasteiger partial charge in [-0.25, -0.2) is 4.79 Å². The highest BCUT2D eigenvalue weighted by molar-refractivity contribution is 6.04. The van der Waals surface area contributed by atoms with E-state index < -0.39 is 12.1 Å². The van der Waals surface area contributed by atoms with Crippen molar-refractivity contribution in [2.24, 2.45) is 0 Å². The predicted octanol–water partition coefficient (Wildman–Crippen LogP) is 1.86. The number of esters is 1. The Morgan fingerprint density at radius 3 is 3.00 bits per heavy atom. The molecule has 0 spiro atoms. The lowest BCUT2D eigenvalue weighted by molar-refractivity contribution is -0.129. The number of aromatic nitrogens is 2. The van der Waals surface area contributed by atoms with E-state index in [-0.39, 0.29) is 11.6 Å². The minimum absolute atomic E-state index is 0.165. The summed E-state index contributed by atoms with van der Waals surface area (Å²) in [6.45, 7) is 0.616. The fraction of sp³-hybridized carbons (Fsp3) is 0.400. The largest absolute Gasteiger partial charge is 0.464 e. The normalized spacial score (nSPS) is 18.1. The topological polar surface area (TPSA) is 93.3 Å². The molecule has 0 aliphatic carbocycles. The smallest absolute Gasteiger partial charge is 0.359 e. The Labute approximate surface area is 127 Å². The molecule has 0 unspecified atom stereocenters. The predicted molar refractivity (Wildman–Crippen MR) is 79.7 cm³/mol. The molecule has 1 aromatic heterocycles. The molecule has 0 radical (unpaired) electrons. The molecule has 7 nitrogen and oxygen atoms in total. The fourth-order valence-electron chi connectivity index (χ4n) is 2.51. The molecule has 0 bridgehead atoms. The second kappa shape index (κ2) is 6.15. The fourth-order valence-corrected chi connectivity index (χ4v) is 2.51. The van der Waals surface area contributed by atoms with Crippen molar-refractivity contribution < 1.29 is 19.1 Å². The van der Waals surface area contributed by atoms with Crippen LogP contribution >= 0.6 is 0 Å². The molecule has 116 valence electrons. The number of rotatable bonds is 3. The molecule has 1 fully saturated rings. The number of amides is 1. The highest BCUT2D eigenvalue weighted by atomic mass is 16.5. The number of nitrogens with zero attached hydrogens (tertiary/aromatic N) is 1. The van der Waals surface area contributed by atoms with Crippen molar-refractivity contribution >= 4 is 28.5 Å². The van der Waals surface area contributed by atoms with Gasteiger partial charge < -0.3 is 14.8 Å². The first-order valence-corrected chi connectivity index (χ1v) is 7.18. The molecule has 1 aliphatic heterocycles. The van der Waals surface area contributed by atoms with Crippen LogP contribution in [0.15, 0.2) is 18.2 Å². The van der Waals surface area contributed by atoms with Crippen molar-refractivity contribution in [1.82, 2.24) is 10.2 Å². The van der Waals surface area contributed by atoms with Gasteiger partial charge in [0.25, 0.3) is 5.91 Å². The number of carbonyl (C=O) groups is 2. The van der Waals surface area contributed by atoms with E-state index in [1.165, 1.54) is 7.11 Å². The van der Waals surface area contributed by atoms with Crippen LogP contribution in [0.4, 0.5) is 5.69 Å². The van der Waals surface area contributed by atoms with Crippen molar-refractivity contribution in [1.29, 1.82) is 0 Å². The van der Waals surface area contributed by atoms with Gasteiger partial charge in [-0.3, -0.25) is 9.89 Å². The molecule has 1 atom stereocenters. The summed E-state index contributed by atoms with van der Waals surface area (Å²) in [7, 11) is 1.30. The van der Waals surface area contributed by atoms with E-state index >= 15 is 0 Å². The Morgan fingerprint density at radius 1 is 1.41 bits per heavy atom. The summed E-state index contributed by atoms with van der Waals surface area (Å²) in [4.78, 5) is 23.8. The van der Waals surface area contributed by atoms with E-state index in [1.807, 2.05) is 0 Å². The number of aromatic amines is 1. The highest BCUT2D eigenvalue weighted by Gasteiger charge is 2.22. The van der Waals surface area contributed by atoms with Gasteiger partial charge >= 0.3 is 5.97 Å². The zero-order valence-corrected chi connectivity index (χ0v) is 12.2. The molecule has 2 N–H and O–H groups in total. The maximum absolute atomic E-state index is 12.2. The Kier molecular flexibility index (Phi) is 4.06. The highest BCUT2D eigenvalue weighted by Crippen LogP contribution is 2.22. The van der Waals surface area contributed by atoms with Crippen LogP contribution in [-0.2, 0) is 14.3 Å².